The number of nitrogens with zero attached hydrogens (tertiary/aromatic N) is 1. The first-order valence-electron chi connectivity index (χ1n) is 1.73. The summed E-state index contributed by atoms with van der Waals surface area (Å²) in [5.74, 6) is 0. The fraction of sp³-hybridized carbons (Fsp3) is 0. The first-order chi connectivity index (χ1) is 3.41. The van der Waals surface area contributed by atoms with Gasteiger partial charge in [0.05, 0.1) is 6.07 Å². The Morgan fingerprint density at radius 2 is 2.14 bits per heavy atom. The lowest BCUT2D eigenvalue weighted by atomic mass is 10.5. The van der Waals surface area contributed by atoms with Crippen molar-refractivity contribution in [2.45, 2.75) is 0 Å². The topological polar surface area (TPSA) is 23.8 Å². The lowest BCUT2D eigenvalue weighted by molar-refractivity contribution is 1.53. The lowest BCUT2D eigenvalue weighted by Crippen LogP contribution is -1.42. The van der Waals surface area contributed by atoms with Gasteiger partial charge in [0.1, 0.15) is 0 Å². The van der Waals surface area contributed by atoms with E-state index in [4.69, 9.17) is 5.26 Å². The van der Waals surface area contributed by atoms with E-state index in [1.54, 1.807) is 17.1 Å². The van der Waals surface area contributed by atoms with Crippen molar-refractivity contribution >= 4 is 15.9 Å². The Hall–Kier alpha value is -0.550. The molecule has 0 unspecified atom stereocenters. The molecule has 0 heterocycles. The van der Waals surface area contributed by atoms with Gasteiger partial charge in [-0.3, -0.25) is 0 Å². The van der Waals surface area contributed by atoms with Crippen LogP contribution in [0.15, 0.2) is 23.2 Å². The quantitative estimate of drug-likeness (QED) is 0.422. The van der Waals surface area contributed by atoms with Crippen molar-refractivity contribution in [3.05, 3.63) is 23.2 Å². The zero-order valence-corrected chi connectivity index (χ0v) is 5.22. The highest BCUT2D eigenvalue weighted by atomic mass is 79.9. The normalized spacial score (nSPS) is 10.3. The van der Waals surface area contributed by atoms with Gasteiger partial charge in [0, 0.05) is 6.08 Å². The van der Waals surface area contributed by atoms with Crippen molar-refractivity contribution in [3.63, 3.8) is 0 Å². The summed E-state index contributed by atoms with van der Waals surface area (Å²) in [6.07, 6.45) is 4.77. The average Bonchev–Trinajstić information content (AvgIpc) is 1.69. The fourth-order valence-electron chi connectivity index (χ4n) is 0.141. The van der Waals surface area contributed by atoms with E-state index in [9.17, 15) is 0 Å². The van der Waals surface area contributed by atoms with E-state index in [2.05, 4.69) is 15.9 Å². The molecule has 2 heteroatoms. The molecule has 0 saturated carbocycles. The summed E-state index contributed by atoms with van der Waals surface area (Å²) in [6.45, 7) is 0. The third-order valence-corrected chi connectivity index (χ3v) is 0.660. The third kappa shape index (κ3) is 5.45. The van der Waals surface area contributed by atoms with E-state index in [0.717, 1.165) is 0 Å². The van der Waals surface area contributed by atoms with E-state index >= 15 is 0 Å². The minimum Gasteiger partial charge on any atom is -0.193 e. The van der Waals surface area contributed by atoms with E-state index < -0.39 is 0 Å². The van der Waals surface area contributed by atoms with Crippen LogP contribution in [0, 0.1) is 11.3 Å². The maximum Gasteiger partial charge on any atom is 0.0912 e. The molecule has 0 aliphatic heterocycles. The van der Waals surface area contributed by atoms with Crippen molar-refractivity contribution < 1.29 is 0 Å². The maximum atomic E-state index is 7.91. The van der Waals surface area contributed by atoms with Crippen LogP contribution in [0.4, 0.5) is 0 Å². The van der Waals surface area contributed by atoms with E-state index in [1.807, 2.05) is 6.07 Å². The van der Waals surface area contributed by atoms with Gasteiger partial charge in [0.15, 0.2) is 0 Å². The predicted molar refractivity (Wildman–Crippen MR) is 32.8 cm³/mol. The summed E-state index contributed by atoms with van der Waals surface area (Å²) < 4.78 is 0. The molecule has 0 amide bonds. The largest absolute Gasteiger partial charge is 0.193 e. The SMILES string of the molecule is N#C/C=C/C=C/Br. The standard InChI is InChI=1S/C5H4BrN/c6-4-2-1-3-5-7/h1-4H/b3-1+,4-2+. The second-order valence-corrected chi connectivity index (χ2v) is 1.34. The summed E-state index contributed by atoms with van der Waals surface area (Å²) in [7, 11) is 0. The summed E-state index contributed by atoms with van der Waals surface area (Å²) >= 11 is 3.04. The number of hydrogen-bond donors (Lipinski definition) is 0. The number of halogens is 1. The van der Waals surface area contributed by atoms with Gasteiger partial charge in [0.2, 0.25) is 0 Å². The highest BCUT2D eigenvalue weighted by molar-refractivity contribution is 9.11. The van der Waals surface area contributed by atoms with Crippen LogP contribution in [0.25, 0.3) is 0 Å². The summed E-state index contributed by atoms with van der Waals surface area (Å²) in [5, 5.41) is 7.91. The summed E-state index contributed by atoms with van der Waals surface area (Å²) in [5.41, 5.74) is 0. The van der Waals surface area contributed by atoms with Gasteiger partial charge in [-0.15, -0.1) is 0 Å². The minimum atomic E-state index is 1.40. The smallest absolute Gasteiger partial charge is 0.0912 e. The number of hydrogen-bond acceptors (Lipinski definition) is 1. The minimum absolute atomic E-state index is 1.40. The van der Waals surface area contributed by atoms with Crippen molar-refractivity contribution in [1.82, 2.24) is 0 Å². The molecule has 0 aromatic rings. The van der Waals surface area contributed by atoms with Gasteiger partial charge in [0.25, 0.3) is 0 Å². The zero-order valence-electron chi connectivity index (χ0n) is 3.63. The Bertz CT molecular complexity index is 119. The van der Waals surface area contributed by atoms with Crippen LogP contribution >= 0.6 is 15.9 Å². The molecule has 7 heavy (non-hydrogen) atoms. The van der Waals surface area contributed by atoms with Gasteiger partial charge < -0.3 is 0 Å². The van der Waals surface area contributed by atoms with E-state index in [-0.39, 0.29) is 0 Å². The molecule has 0 atom stereocenters. The number of allylic oxidation sites excluding steroid dienone is 3. The molecular weight excluding hydrogens is 154 g/mol. The number of rotatable bonds is 1. The maximum absolute atomic E-state index is 7.91. The molecule has 36 valence electrons. The Morgan fingerprint density at radius 1 is 1.43 bits per heavy atom. The third-order valence-electron chi connectivity index (χ3n) is 0.355. The Balaban J connectivity index is 3.33. The van der Waals surface area contributed by atoms with Crippen LogP contribution in [-0.4, -0.2) is 0 Å². The van der Waals surface area contributed by atoms with Gasteiger partial charge in [-0.25, -0.2) is 0 Å². The molecule has 0 aromatic heterocycles. The van der Waals surface area contributed by atoms with E-state index in [0.29, 0.717) is 0 Å². The molecule has 0 saturated heterocycles. The summed E-state index contributed by atoms with van der Waals surface area (Å²) in [6, 6.07) is 1.85. The lowest BCUT2D eigenvalue weighted by Gasteiger charge is -1.59. The predicted octanol–water partition coefficient (Wildman–Crippen LogP) is 1.97. The Labute approximate surface area is 51.1 Å². The van der Waals surface area contributed by atoms with Gasteiger partial charge in [-0.2, -0.15) is 5.26 Å². The molecule has 1 nitrogen and oxygen atoms in total. The summed E-state index contributed by atoms with van der Waals surface area (Å²) in [4.78, 5) is 1.68. The van der Waals surface area contributed by atoms with E-state index in [1.165, 1.54) is 6.08 Å². The van der Waals surface area contributed by atoms with Crippen LogP contribution in [0.2, 0.25) is 0 Å². The molecule has 0 spiro atoms. The fourth-order valence-corrected chi connectivity index (χ4v) is 0.317. The zero-order chi connectivity index (χ0) is 5.54. The molecule has 0 N–H and O–H groups in total. The van der Waals surface area contributed by atoms with Crippen molar-refractivity contribution in [1.29, 1.82) is 5.26 Å². The molecule has 0 aromatic carbocycles. The van der Waals surface area contributed by atoms with Crippen LogP contribution in [-0.2, 0) is 0 Å². The van der Waals surface area contributed by atoms with Crippen molar-refractivity contribution in [2.75, 3.05) is 0 Å². The second-order valence-electron chi connectivity index (χ2n) is 0.807. The molecule has 0 fully saturated rings. The second kappa shape index (κ2) is 5.45. The molecule has 0 bridgehead atoms. The van der Waals surface area contributed by atoms with Crippen LogP contribution < -0.4 is 0 Å². The van der Waals surface area contributed by atoms with Crippen LogP contribution in [0.1, 0.15) is 0 Å². The molecule has 0 aliphatic carbocycles. The van der Waals surface area contributed by atoms with Crippen LogP contribution in [0.5, 0.6) is 0 Å². The Morgan fingerprint density at radius 3 is 2.57 bits per heavy atom. The molecule has 0 radical (unpaired) electrons. The molecule has 0 rings (SSSR count). The first-order valence-corrected chi connectivity index (χ1v) is 2.65. The first kappa shape index (κ1) is 6.45. The monoisotopic (exact) mass is 157 g/mol. The number of nitriles is 1. The van der Waals surface area contributed by atoms with Crippen molar-refractivity contribution in [3.8, 4) is 6.07 Å². The van der Waals surface area contributed by atoms with Gasteiger partial charge in [-0.05, 0) is 4.99 Å². The Kier molecular flexibility index (Phi) is 5.02. The highest BCUT2D eigenvalue weighted by Crippen LogP contribution is 1.81. The highest BCUT2D eigenvalue weighted by Gasteiger charge is 1.55. The van der Waals surface area contributed by atoms with Crippen molar-refractivity contribution in [2.24, 2.45) is 0 Å². The van der Waals surface area contributed by atoms with Crippen LogP contribution in [0.3, 0.4) is 0 Å². The average molecular weight is 158 g/mol. The van der Waals surface area contributed by atoms with Gasteiger partial charge in [-0.1, -0.05) is 28.1 Å². The molecule has 0 aliphatic rings. The molecular formula is C5H4BrN. The van der Waals surface area contributed by atoms with Gasteiger partial charge >= 0.3 is 0 Å².